The summed E-state index contributed by atoms with van der Waals surface area (Å²) < 4.78 is 52.8. The zero-order valence-corrected chi connectivity index (χ0v) is 12.7. The molecule has 0 spiro atoms. The van der Waals surface area contributed by atoms with E-state index >= 15 is 0 Å². The summed E-state index contributed by atoms with van der Waals surface area (Å²) in [6.07, 6.45) is -4.77. The molecule has 0 amide bonds. The Hall–Kier alpha value is 0.180. The second-order valence-corrected chi connectivity index (χ2v) is 5.93. The first kappa shape index (κ1) is 15.2. The van der Waals surface area contributed by atoms with Crippen molar-refractivity contribution in [2.45, 2.75) is 15.8 Å². The van der Waals surface area contributed by atoms with Crippen molar-refractivity contribution in [3.05, 3.63) is 28.7 Å². The average Bonchev–Trinajstić information content (AvgIpc) is 2.19. The minimum absolute atomic E-state index is 0.0266. The SMILES string of the molecule is FC(F)(F)[C@H](Br)[C@](F)(Br)Oc1ccc(Br)cc1. The third-order valence-electron chi connectivity index (χ3n) is 1.65. The molecule has 0 aliphatic rings. The maximum atomic E-state index is 13.7. The van der Waals surface area contributed by atoms with Crippen LogP contribution in [-0.4, -0.2) is 15.8 Å². The van der Waals surface area contributed by atoms with Gasteiger partial charge in [0.1, 0.15) is 5.75 Å². The molecule has 0 saturated heterocycles. The molecule has 0 fully saturated rings. The molecule has 1 nitrogen and oxygen atoms in total. The zero-order valence-electron chi connectivity index (χ0n) is 7.94. The molecule has 0 bridgehead atoms. The highest BCUT2D eigenvalue weighted by Gasteiger charge is 2.54. The van der Waals surface area contributed by atoms with Crippen LogP contribution in [0.4, 0.5) is 17.6 Å². The lowest BCUT2D eigenvalue weighted by molar-refractivity contribution is -0.163. The van der Waals surface area contributed by atoms with Gasteiger partial charge >= 0.3 is 10.9 Å². The summed E-state index contributed by atoms with van der Waals surface area (Å²) in [6, 6.07) is 5.73. The molecule has 0 aliphatic carbocycles. The number of benzene rings is 1. The lowest BCUT2D eigenvalue weighted by Gasteiger charge is -2.26. The van der Waals surface area contributed by atoms with Gasteiger partial charge in [-0.15, -0.1) is 0 Å². The first-order valence-corrected chi connectivity index (χ1v) is 6.66. The van der Waals surface area contributed by atoms with E-state index in [1.807, 2.05) is 0 Å². The number of ether oxygens (including phenoxy) is 1. The quantitative estimate of drug-likeness (QED) is 0.461. The summed E-state index contributed by atoms with van der Waals surface area (Å²) in [5.74, 6) is -0.0266. The van der Waals surface area contributed by atoms with Crippen LogP contribution in [0.2, 0.25) is 0 Å². The third-order valence-corrected chi connectivity index (χ3v) is 4.52. The number of halogens is 7. The standard InChI is InChI=1S/C9H5Br3F4O/c10-5-1-3-6(4-2-5)17-8(12,13)7(11)9(14,15)16/h1-4,7H/t7-,8-/m1/s1. The van der Waals surface area contributed by atoms with Gasteiger partial charge in [0, 0.05) is 20.4 Å². The molecule has 96 valence electrons. The Labute approximate surface area is 120 Å². The number of hydrogen-bond acceptors (Lipinski definition) is 1. The first-order chi connectivity index (χ1) is 7.63. The van der Waals surface area contributed by atoms with E-state index in [9.17, 15) is 17.6 Å². The fourth-order valence-electron chi connectivity index (χ4n) is 0.902. The predicted octanol–water partition coefficient (Wildman–Crippen LogP) is 5.17. The van der Waals surface area contributed by atoms with E-state index in [4.69, 9.17) is 0 Å². The van der Waals surface area contributed by atoms with Gasteiger partial charge in [-0.05, 0) is 24.3 Å². The van der Waals surface area contributed by atoms with Gasteiger partial charge in [-0.3, -0.25) is 0 Å². The van der Waals surface area contributed by atoms with Crippen LogP contribution in [0.15, 0.2) is 28.7 Å². The summed E-state index contributed by atoms with van der Waals surface area (Å²) in [5.41, 5.74) is 0. The maximum absolute atomic E-state index is 13.7. The molecule has 17 heavy (non-hydrogen) atoms. The molecular formula is C9H5Br3F4O. The summed E-state index contributed by atoms with van der Waals surface area (Å²) in [6.45, 7) is 0. The molecule has 2 atom stereocenters. The monoisotopic (exact) mass is 442 g/mol. The summed E-state index contributed by atoms with van der Waals surface area (Å²) >= 11 is 7.62. The van der Waals surface area contributed by atoms with E-state index in [0.29, 0.717) is 4.47 Å². The van der Waals surface area contributed by atoms with Gasteiger partial charge < -0.3 is 4.74 Å². The van der Waals surface area contributed by atoms with E-state index in [1.54, 1.807) is 0 Å². The van der Waals surface area contributed by atoms with Crippen LogP contribution in [0.25, 0.3) is 0 Å². The normalized spacial score (nSPS) is 17.4. The minimum Gasteiger partial charge on any atom is -0.447 e. The molecule has 1 aromatic carbocycles. The Morgan fingerprint density at radius 2 is 1.53 bits per heavy atom. The van der Waals surface area contributed by atoms with Crippen molar-refractivity contribution in [2.24, 2.45) is 0 Å². The Morgan fingerprint density at radius 1 is 1.06 bits per heavy atom. The molecule has 0 heterocycles. The first-order valence-electron chi connectivity index (χ1n) is 4.16. The summed E-state index contributed by atoms with van der Waals surface area (Å²) in [5, 5.41) is 0. The maximum Gasteiger partial charge on any atom is 0.408 e. The van der Waals surface area contributed by atoms with Crippen LogP contribution < -0.4 is 4.74 Å². The van der Waals surface area contributed by atoms with Crippen LogP contribution in [0, 0.1) is 0 Å². The largest absolute Gasteiger partial charge is 0.447 e. The summed E-state index contributed by atoms with van der Waals surface area (Å²) in [7, 11) is 0. The highest BCUT2D eigenvalue weighted by atomic mass is 79.9. The van der Waals surface area contributed by atoms with E-state index in [-0.39, 0.29) is 5.75 Å². The van der Waals surface area contributed by atoms with Gasteiger partial charge in [0.25, 0.3) is 0 Å². The molecule has 8 heteroatoms. The Morgan fingerprint density at radius 3 is 1.94 bits per heavy atom. The fourth-order valence-corrected chi connectivity index (χ4v) is 1.71. The zero-order chi connectivity index (χ0) is 13.3. The molecule has 0 unspecified atom stereocenters. The van der Waals surface area contributed by atoms with Gasteiger partial charge in [-0.1, -0.05) is 31.9 Å². The average molecular weight is 445 g/mol. The molecule has 0 aromatic heterocycles. The Kier molecular flexibility index (Phi) is 4.88. The molecule has 0 N–H and O–H groups in total. The van der Waals surface area contributed by atoms with Crippen molar-refractivity contribution in [3.8, 4) is 5.75 Å². The Balaban J connectivity index is 2.82. The lowest BCUT2D eigenvalue weighted by atomic mass is 10.3. The van der Waals surface area contributed by atoms with Crippen molar-refractivity contribution in [2.75, 3.05) is 0 Å². The van der Waals surface area contributed by atoms with E-state index in [0.717, 1.165) is 0 Å². The second kappa shape index (κ2) is 5.44. The number of hydrogen-bond donors (Lipinski definition) is 0. The molecule has 1 rings (SSSR count). The summed E-state index contributed by atoms with van der Waals surface area (Å²) in [4.78, 5) is -2.48. The van der Waals surface area contributed by atoms with Crippen molar-refractivity contribution < 1.29 is 22.3 Å². The second-order valence-electron chi connectivity index (χ2n) is 3.02. The molecule has 0 radical (unpaired) electrons. The Bertz CT molecular complexity index is 377. The third kappa shape index (κ3) is 4.40. The van der Waals surface area contributed by atoms with Gasteiger partial charge in [-0.2, -0.15) is 17.6 Å². The number of alkyl halides is 6. The van der Waals surface area contributed by atoms with Crippen LogP contribution in [-0.2, 0) is 0 Å². The predicted molar refractivity (Wildman–Crippen MR) is 66.3 cm³/mol. The molecular weight excluding hydrogens is 440 g/mol. The van der Waals surface area contributed by atoms with Gasteiger partial charge in [0.05, 0.1) is 0 Å². The van der Waals surface area contributed by atoms with E-state index in [1.165, 1.54) is 24.3 Å². The van der Waals surface area contributed by atoms with Crippen molar-refractivity contribution in [3.63, 3.8) is 0 Å². The van der Waals surface area contributed by atoms with Crippen LogP contribution in [0.1, 0.15) is 0 Å². The van der Waals surface area contributed by atoms with Crippen molar-refractivity contribution in [1.82, 2.24) is 0 Å². The lowest BCUT2D eigenvalue weighted by Crippen LogP contribution is -2.43. The molecule has 0 aliphatic heterocycles. The van der Waals surface area contributed by atoms with Gasteiger partial charge in [0.15, 0.2) is 4.83 Å². The van der Waals surface area contributed by atoms with Gasteiger partial charge in [0.2, 0.25) is 0 Å². The van der Waals surface area contributed by atoms with Crippen LogP contribution in [0.5, 0.6) is 5.75 Å². The van der Waals surface area contributed by atoms with E-state index in [2.05, 4.69) is 52.5 Å². The van der Waals surface area contributed by atoms with E-state index < -0.39 is 15.8 Å². The van der Waals surface area contributed by atoms with Crippen molar-refractivity contribution >= 4 is 47.8 Å². The minimum atomic E-state index is -4.77. The van der Waals surface area contributed by atoms with Gasteiger partial charge in [-0.25, -0.2) is 0 Å². The highest BCUT2D eigenvalue weighted by Crippen LogP contribution is 2.41. The smallest absolute Gasteiger partial charge is 0.408 e. The molecule has 0 saturated carbocycles. The molecule has 1 aromatic rings. The highest BCUT2D eigenvalue weighted by molar-refractivity contribution is 9.12. The number of rotatable bonds is 3. The van der Waals surface area contributed by atoms with Crippen LogP contribution in [0.3, 0.4) is 0 Å². The topological polar surface area (TPSA) is 9.23 Å². The van der Waals surface area contributed by atoms with Crippen molar-refractivity contribution in [1.29, 1.82) is 0 Å². The fraction of sp³-hybridized carbons (Fsp3) is 0.333. The van der Waals surface area contributed by atoms with Crippen LogP contribution >= 0.6 is 47.8 Å².